The second-order valence-electron chi connectivity index (χ2n) is 9.19. The van der Waals surface area contributed by atoms with Crippen molar-refractivity contribution in [3.8, 4) is 0 Å². The van der Waals surface area contributed by atoms with Gasteiger partial charge in [-0.3, -0.25) is 19.6 Å². The fourth-order valence-corrected chi connectivity index (χ4v) is 4.18. The number of carbonyl (C=O) groups is 1. The van der Waals surface area contributed by atoms with Crippen LogP contribution in [0, 0.1) is 17.0 Å². The van der Waals surface area contributed by atoms with Gasteiger partial charge in [-0.25, -0.2) is 8.78 Å². The quantitative estimate of drug-likeness (QED) is 0.111. The predicted octanol–water partition coefficient (Wildman–Crippen LogP) is 7.42. The number of hydrogen-bond donors (Lipinski definition) is 1. The SMILES string of the molecule is CCCCCCCCCCCCCCCCCCNC(=O)Cn1nc(C(F)F)c([N+](=O)[O-])c1C. The van der Waals surface area contributed by atoms with Crippen LogP contribution in [0.25, 0.3) is 0 Å². The Hall–Kier alpha value is -2.06. The van der Waals surface area contributed by atoms with Crippen LogP contribution >= 0.6 is 0 Å². The first-order chi connectivity index (χ1) is 16.4. The lowest BCUT2D eigenvalue weighted by Crippen LogP contribution is -2.29. The zero-order valence-corrected chi connectivity index (χ0v) is 21.1. The number of amides is 1. The molecule has 1 rings (SSSR count). The van der Waals surface area contributed by atoms with Crippen molar-refractivity contribution in [2.45, 2.75) is 130 Å². The molecule has 0 radical (unpaired) electrons. The van der Waals surface area contributed by atoms with E-state index in [1.54, 1.807) is 0 Å². The van der Waals surface area contributed by atoms with Gasteiger partial charge in [0.15, 0.2) is 0 Å². The molecule has 0 aliphatic rings. The van der Waals surface area contributed by atoms with E-state index in [2.05, 4.69) is 17.3 Å². The minimum Gasteiger partial charge on any atom is -0.354 e. The van der Waals surface area contributed by atoms with E-state index in [-0.39, 0.29) is 18.1 Å². The van der Waals surface area contributed by atoms with Gasteiger partial charge in [0.2, 0.25) is 11.6 Å². The molecule has 0 saturated heterocycles. The minimum absolute atomic E-state index is 0.0436. The van der Waals surface area contributed by atoms with Crippen molar-refractivity contribution in [3.05, 3.63) is 21.5 Å². The van der Waals surface area contributed by atoms with Crippen LogP contribution in [0.5, 0.6) is 0 Å². The average Bonchev–Trinajstić information content (AvgIpc) is 3.12. The lowest BCUT2D eigenvalue weighted by atomic mass is 10.0. The van der Waals surface area contributed by atoms with E-state index < -0.39 is 22.7 Å². The van der Waals surface area contributed by atoms with Gasteiger partial charge in [-0.2, -0.15) is 5.10 Å². The molecule has 196 valence electrons. The van der Waals surface area contributed by atoms with E-state index in [9.17, 15) is 23.7 Å². The summed E-state index contributed by atoms with van der Waals surface area (Å²) in [6.07, 6.45) is 17.4. The predicted molar refractivity (Wildman–Crippen MR) is 131 cm³/mol. The fraction of sp³-hybridized carbons (Fsp3) is 0.840. The van der Waals surface area contributed by atoms with Crippen molar-refractivity contribution in [1.82, 2.24) is 15.1 Å². The highest BCUT2D eigenvalue weighted by Crippen LogP contribution is 2.30. The molecule has 0 spiro atoms. The van der Waals surface area contributed by atoms with Crippen molar-refractivity contribution in [3.63, 3.8) is 0 Å². The molecule has 0 aliphatic heterocycles. The fourth-order valence-electron chi connectivity index (χ4n) is 4.18. The molecule has 0 bridgehead atoms. The van der Waals surface area contributed by atoms with Gasteiger partial charge in [0, 0.05) is 6.54 Å². The first kappa shape index (κ1) is 30.0. The van der Waals surface area contributed by atoms with E-state index in [1.165, 1.54) is 90.4 Å². The summed E-state index contributed by atoms with van der Waals surface area (Å²) in [5, 5.41) is 17.3. The molecule has 1 aromatic heterocycles. The maximum absolute atomic E-state index is 13.0. The third-order valence-corrected chi connectivity index (χ3v) is 6.24. The van der Waals surface area contributed by atoms with Gasteiger partial charge in [0.25, 0.3) is 6.43 Å². The second-order valence-corrected chi connectivity index (χ2v) is 9.19. The monoisotopic (exact) mass is 486 g/mol. The molecular formula is C25H44F2N4O3. The zero-order chi connectivity index (χ0) is 25.2. The standard InChI is InChI=1S/C25H44F2N4O3/c1-3-4-5-6-7-8-9-10-11-12-13-14-15-16-17-18-19-28-22(32)20-30-21(2)24(31(33)34)23(29-30)25(26)27/h25H,3-20H2,1-2H3,(H,28,32). The van der Waals surface area contributed by atoms with Crippen molar-refractivity contribution in [2.24, 2.45) is 0 Å². The number of alkyl halides is 2. The third kappa shape index (κ3) is 12.4. The highest BCUT2D eigenvalue weighted by molar-refractivity contribution is 5.75. The number of hydrogen-bond acceptors (Lipinski definition) is 4. The van der Waals surface area contributed by atoms with Gasteiger partial charge >= 0.3 is 5.69 Å². The molecule has 1 N–H and O–H groups in total. The summed E-state index contributed by atoms with van der Waals surface area (Å²) in [4.78, 5) is 22.2. The molecular weight excluding hydrogens is 442 g/mol. The van der Waals surface area contributed by atoms with Crippen LogP contribution in [0.15, 0.2) is 0 Å². The van der Waals surface area contributed by atoms with Crippen LogP contribution in [0.2, 0.25) is 0 Å². The Labute approximate surface area is 203 Å². The first-order valence-electron chi connectivity index (χ1n) is 13.1. The highest BCUT2D eigenvalue weighted by atomic mass is 19.3. The highest BCUT2D eigenvalue weighted by Gasteiger charge is 2.31. The average molecular weight is 487 g/mol. The Bertz CT molecular complexity index is 711. The smallest absolute Gasteiger partial charge is 0.319 e. The molecule has 0 aromatic carbocycles. The van der Waals surface area contributed by atoms with E-state index in [1.807, 2.05) is 0 Å². The van der Waals surface area contributed by atoms with Crippen molar-refractivity contribution < 1.29 is 18.5 Å². The van der Waals surface area contributed by atoms with Crippen LogP contribution in [-0.4, -0.2) is 27.2 Å². The Morgan fingerprint density at radius 3 is 1.74 bits per heavy atom. The lowest BCUT2D eigenvalue weighted by molar-refractivity contribution is -0.386. The summed E-state index contributed by atoms with van der Waals surface area (Å²) in [6.45, 7) is 3.77. The van der Waals surface area contributed by atoms with Crippen LogP contribution < -0.4 is 5.32 Å². The van der Waals surface area contributed by atoms with Crippen molar-refractivity contribution in [1.29, 1.82) is 0 Å². The maximum atomic E-state index is 13.0. The number of carbonyl (C=O) groups excluding carboxylic acids is 1. The number of nitrogens with zero attached hydrogens (tertiary/aromatic N) is 3. The van der Waals surface area contributed by atoms with E-state index in [4.69, 9.17) is 0 Å². The number of nitro groups is 1. The number of unbranched alkanes of at least 4 members (excludes halogenated alkanes) is 15. The van der Waals surface area contributed by atoms with Gasteiger partial charge < -0.3 is 5.32 Å². The summed E-state index contributed by atoms with van der Waals surface area (Å²) in [5.41, 5.74) is -1.66. The number of aromatic nitrogens is 2. The Morgan fingerprint density at radius 1 is 0.912 bits per heavy atom. The molecule has 0 saturated carbocycles. The second kappa shape index (κ2) is 18.3. The minimum atomic E-state index is -3.06. The maximum Gasteiger partial charge on any atom is 0.319 e. The Balaban J connectivity index is 2.01. The molecule has 0 atom stereocenters. The van der Waals surface area contributed by atoms with Crippen molar-refractivity contribution in [2.75, 3.05) is 6.54 Å². The van der Waals surface area contributed by atoms with Crippen molar-refractivity contribution >= 4 is 11.6 Å². The van der Waals surface area contributed by atoms with Crippen LogP contribution in [0.1, 0.15) is 127 Å². The lowest BCUT2D eigenvalue weighted by Gasteiger charge is -2.07. The van der Waals surface area contributed by atoms with E-state index in [0.29, 0.717) is 6.54 Å². The van der Waals surface area contributed by atoms with Gasteiger partial charge in [-0.1, -0.05) is 103 Å². The summed E-state index contributed by atoms with van der Waals surface area (Å²) in [6, 6.07) is 0. The molecule has 1 heterocycles. The van der Waals surface area contributed by atoms with Crippen LogP contribution in [0.3, 0.4) is 0 Å². The van der Waals surface area contributed by atoms with Gasteiger partial charge in [0.05, 0.1) is 4.92 Å². The zero-order valence-electron chi connectivity index (χ0n) is 21.1. The molecule has 1 aromatic rings. The van der Waals surface area contributed by atoms with E-state index >= 15 is 0 Å². The number of halogens is 2. The van der Waals surface area contributed by atoms with Gasteiger partial charge in [-0.05, 0) is 13.3 Å². The van der Waals surface area contributed by atoms with Crippen LogP contribution in [-0.2, 0) is 11.3 Å². The topological polar surface area (TPSA) is 90.1 Å². The number of rotatable bonds is 21. The Morgan fingerprint density at radius 2 is 1.35 bits per heavy atom. The summed E-state index contributed by atoms with van der Waals surface area (Å²) in [7, 11) is 0. The largest absolute Gasteiger partial charge is 0.354 e. The molecule has 1 amide bonds. The molecule has 34 heavy (non-hydrogen) atoms. The number of nitrogens with one attached hydrogen (secondary N) is 1. The molecule has 9 heteroatoms. The normalized spacial score (nSPS) is 11.3. The van der Waals surface area contributed by atoms with Gasteiger partial charge in [0.1, 0.15) is 12.2 Å². The third-order valence-electron chi connectivity index (χ3n) is 6.24. The van der Waals surface area contributed by atoms with Gasteiger partial charge in [-0.15, -0.1) is 0 Å². The summed E-state index contributed by atoms with van der Waals surface area (Å²) in [5.74, 6) is -0.387. The first-order valence-corrected chi connectivity index (χ1v) is 13.1. The summed E-state index contributed by atoms with van der Waals surface area (Å²) >= 11 is 0. The Kier molecular flexibility index (Phi) is 16.1. The molecule has 0 fully saturated rings. The molecule has 0 aliphatic carbocycles. The van der Waals surface area contributed by atoms with E-state index in [0.717, 1.165) is 23.9 Å². The van der Waals surface area contributed by atoms with Crippen LogP contribution in [0.4, 0.5) is 14.5 Å². The molecule has 0 unspecified atom stereocenters. The molecule has 7 nitrogen and oxygen atoms in total. The summed E-state index contributed by atoms with van der Waals surface area (Å²) < 4.78 is 26.9.